The summed E-state index contributed by atoms with van der Waals surface area (Å²) in [7, 11) is 0. The third-order valence-electron chi connectivity index (χ3n) is 4.84. The zero-order valence-corrected chi connectivity index (χ0v) is 17.9. The molecule has 4 rings (SSSR count). The predicted octanol–water partition coefficient (Wildman–Crippen LogP) is 4.60. The standard InChI is InChI=1S/C23H24N6S/c1-17-7-9-19(10-8-17)13-28-15-21(11-24-28)26-23(30)27-22-12-25-29(16-22)14-20-6-4-3-5-18(20)2/h3-12,15-16H,13-14H2,1-2H3,(H2,26,27,30). The van der Waals surface area contributed by atoms with E-state index in [1.165, 1.54) is 22.3 Å². The summed E-state index contributed by atoms with van der Waals surface area (Å²) in [5.74, 6) is 0. The Balaban J connectivity index is 1.32. The van der Waals surface area contributed by atoms with Crippen LogP contribution in [0.1, 0.15) is 22.3 Å². The number of benzene rings is 2. The minimum absolute atomic E-state index is 0.500. The average Bonchev–Trinajstić information content (AvgIpc) is 3.35. The van der Waals surface area contributed by atoms with E-state index >= 15 is 0 Å². The molecule has 0 aliphatic heterocycles. The fourth-order valence-corrected chi connectivity index (χ4v) is 3.40. The lowest BCUT2D eigenvalue weighted by Gasteiger charge is -2.07. The second-order valence-corrected chi connectivity index (χ2v) is 7.75. The van der Waals surface area contributed by atoms with Crippen LogP contribution in [0.3, 0.4) is 0 Å². The molecule has 0 aliphatic carbocycles. The lowest BCUT2D eigenvalue weighted by molar-refractivity contribution is 0.684. The second kappa shape index (κ2) is 8.92. The Bertz CT molecular complexity index is 1140. The Hall–Kier alpha value is -3.45. The van der Waals surface area contributed by atoms with Crippen molar-refractivity contribution in [3.63, 3.8) is 0 Å². The van der Waals surface area contributed by atoms with Gasteiger partial charge in [-0.1, -0.05) is 54.1 Å². The molecule has 0 atom stereocenters. The zero-order chi connectivity index (χ0) is 20.9. The van der Waals surface area contributed by atoms with Gasteiger partial charge in [0.25, 0.3) is 0 Å². The third-order valence-corrected chi connectivity index (χ3v) is 5.05. The maximum absolute atomic E-state index is 5.43. The molecular weight excluding hydrogens is 392 g/mol. The number of aromatic nitrogens is 4. The molecule has 0 aliphatic rings. The van der Waals surface area contributed by atoms with E-state index in [9.17, 15) is 0 Å². The van der Waals surface area contributed by atoms with Crippen LogP contribution in [-0.4, -0.2) is 24.7 Å². The van der Waals surface area contributed by atoms with E-state index in [0.29, 0.717) is 11.7 Å². The summed E-state index contributed by atoms with van der Waals surface area (Å²) in [6.07, 6.45) is 7.42. The molecule has 0 fully saturated rings. The molecular formula is C23H24N6S. The van der Waals surface area contributed by atoms with E-state index in [1.54, 1.807) is 12.4 Å². The van der Waals surface area contributed by atoms with Gasteiger partial charge in [0.2, 0.25) is 0 Å². The summed E-state index contributed by atoms with van der Waals surface area (Å²) < 4.78 is 3.78. The Labute approximate surface area is 181 Å². The molecule has 0 spiro atoms. The van der Waals surface area contributed by atoms with Crippen molar-refractivity contribution in [1.82, 2.24) is 19.6 Å². The van der Waals surface area contributed by atoms with Crippen molar-refractivity contribution in [3.05, 3.63) is 95.6 Å². The summed E-state index contributed by atoms with van der Waals surface area (Å²) in [4.78, 5) is 0. The van der Waals surface area contributed by atoms with Crippen molar-refractivity contribution in [2.24, 2.45) is 0 Å². The molecule has 152 valence electrons. The highest BCUT2D eigenvalue weighted by Crippen LogP contribution is 2.13. The normalized spacial score (nSPS) is 10.7. The van der Waals surface area contributed by atoms with Crippen molar-refractivity contribution in [3.8, 4) is 0 Å². The summed E-state index contributed by atoms with van der Waals surface area (Å²) in [6, 6.07) is 16.8. The molecule has 0 saturated heterocycles. The summed E-state index contributed by atoms with van der Waals surface area (Å²) in [5.41, 5.74) is 6.63. The number of nitrogens with one attached hydrogen (secondary N) is 2. The number of thiocarbonyl (C=S) groups is 1. The van der Waals surface area contributed by atoms with Gasteiger partial charge in [0, 0.05) is 12.4 Å². The van der Waals surface area contributed by atoms with Crippen LogP contribution in [0.25, 0.3) is 0 Å². The first-order valence-corrected chi connectivity index (χ1v) is 10.2. The van der Waals surface area contributed by atoms with Gasteiger partial charge >= 0.3 is 0 Å². The Morgan fingerprint density at radius 2 is 1.43 bits per heavy atom. The molecule has 30 heavy (non-hydrogen) atoms. The lowest BCUT2D eigenvalue weighted by atomic mass is 10.1. The van der Waals surface area contributed by atoms with Crippen molar-refractivity contribution in [1.29, 1.82) is 0 Å². The predicted molar refractivity (Wildman–Crippen MR) is 125 cm³/mol. The van der Waals surface area contributed by atoms with E-state index in [1.807, 2.05) is 33.9 Å². The molecule has 0 unspecified atom stereocenters. The van der Waals surface area contributed by atoms with E-state index in [4.69, 9.17) is 12.2 Å². The van der Waals surface area contributed by atoms with Crippen molar-refractivity contribution in [2.45, 2.75) is 26.9 Å². The molecule has 7 heteroatoms. The van der Waals surface area contributed by atoms with Crippen LogP contribution >= 0.6 is 12.2 Å². The number of rotatable bonds is 6. The molecule has 0 radical (unpaired) electrons. The minimum Gasteiger partial charge on any atom is -0.330 e. The molecule has 2 heterocycles. The first-order valence-electron chi connectivity index (χ1n) is 9.78. The molecule has 2 N–H and O–H groups in total. The van der Waals surface area contributed by atoms with Gasteiger partial charge in [-0.2, -0.15) is 10.2 Å². The van der Waals surface area contributed by atoms with E-state index in [-0.39, 0.29) is 0 Å². The van der Waals surface area contributed by atoms with Gasteiger partial charge in [-0.25, -0.2) is 0 Å². The van der Waals surface area contributed by atoms with Crippen LogP contribution in [0.15, 0.2) is 73.3 Å². The van der Waals surface area contributed by atoms with Gasteiger partial charge < -0.3 is 10.6 Å². The molecule has 0 saturated carbocycles. The van der Waals surface area contributed by atoms with Crippen LogP contribution in [0, 0.1) is 13.8 Å². The van der Waals surface area contributed by atoms with Crippen LogP contribution in [-0.2, 0) is 13.1 Å². The van der Waals surface area contributed by atoms with Crippen LogP contribution in [0.2, 0.25) is 0 Å². The van der Waals surface area contributed by atoms with Gasteiger partial charge in [0.05, 0.1) is 36.9 Å². The second-order valence-electron chi connectivity index (χ2n) is 7.34. The first-order chi connectivity index (χ1) is 14.5. The van der Waals surface area contributed by atoms with Gasteiger partial charge in [-0.3, -0.25) is 9.36 Å². The molecule has 2 aromatic carbocycles. The first kappa shape index (κ1) is 19.8. The van der Waals surface area contributed by atoms with Crippen LogP contribution in [0.4, 0.5) is 11.4 Å². The largest absolute Gasteiger partial charge is 0.330 e. The maximum atomic E-state index is 5.43. The highest BCUT2D eigenvalue weighted by molar-refractivity contribution is 7.80. The van der Waals surface area contributed by atoms with Crippen LogP contribution in [0.5, 0.6) is 0 Å². The molecule has 0 amide bonds. The zero-order valence-electron chi connectivity index (χ0n) is 17.0. The van der Waals surface area contributed by atoms with Gasteiger partial charge in [0.15, 0.2) is 5.11 Å². The molecule has 4 aromatic rings. The van der Waals surface area contributed by atoms with E-state index < -0.39 is 0 Å². The quantitative estimate of drug-likeness (QED) is 0.450. The topological polar surface area (TPSA) is 59.7 Å². The summed E-state index contributed by atoms with van der Waals surface area (Å²) in [6.45, 7) is 5.63. The fourth-order valence-electron chi connectivity index (χ4n) is 3.17. The number of aryl methyl sites for hydroxylation is 2. The van der Waals surface area contributed by atoms with Crippen molar-refractivity contribution in [2.75, 3.05) is 10.6 Å². The summed E-state index contributed by atoms with van der Waals surface area (Å²) in [5, 5.41) is 15.7. The Morgan fingerprint density at radius 1 is 0.833 bits per heavy atom. The third kappa shape index (κ3) is 5.12. The van der Waals surface area contributed by atoms with Crippen LogP contribution < -0.4 is 10.6 Å². The molecule has 2 aromatic heterocycles. The van der Waals surface area contributed by atoms with Crippen molar-refractivity contribution < 1.29 is 0 Å². The highest BCUT2D eigenvalue weighted by atomic mass is 32.1. The SMILES string of the molecule is Cc1ccc(Cn2cc(NC(=S)Nc3cnn(Cc4ccccc4C)c3)cn2)cc1. The molecule has 6 nitrogen and oxygen atoms in total. The minimum atomic E-state index is 0.500. The van der Waals surface area contributed by atoms with Gasteiger partial charge in [-0.05, 0) is 42.8 Å². The highest BCUT2D eigenvalue weighted by Gasteiger charge is 2.06. The lowest BCUT2D eigenvalue weighted by Crippen LogP contribution is -2.18. The number of hydrogen-bond donors (Lipinski definition) is 2. The fraction of sp³-hybridized carbons (Fsp3) is 0.174. The number of nitrogens with zero attached hydrogens (tertiary/aromatic N) is 4. The monoisotopic (exact) mass is 416 g/mol. The van der Waals surface area contributed by atoms with Gasteiger partial charge in [-0.15, -0.1) is 0 Å². The van der Waals surface area contributed by atoms with E-state index in [0.717, 1.165) is 17.9 Å². The average molecular weight is 417 g/mol. The Morgan fingerprint density at radius 3 is 2.07 bits per heavy atom. The van der Waals surface area contributed by atoms with Crippen molar-refractivity contribution >= 4 is 28.7 Å². The Kier molecular flexibility index (Phi) is 5.90. The van der Waals surface area contributed by atoms with Gasteiger partial charge in [0.1, 0.15) is 0 Å². The summed E-state index contributed by atoms with van der Waals surface area (Å²) >= 11 is 5.43. The molecule has 0 bridgehead atoms. The number of anilines is 2. The van der Waals surface area contributed by atoms with E-state index in [2.05, 4.69) is 71.1 Å². The smallest absolute Gasteiger partial charge is 0.175 e. The number of hydrogen-bond acceptors (Lipinski definition) is 3. The maximum Gasteiger partial charge on any atom is 0.175 e.